The summed E-state index contributed by atoms with van der Waals surface area (Å²) in [6, 6.07) is 14.6. The maximum Gasteiger partial charge on any atom is 0.416 e. The molecule has 0 amide bonds. The van der Waals surface area contributed by atoms with Gasteiger partial charge in [-0.05, 0) is 23.3 Å². The fourth-order valence-corrected chi connectivity index (χ4v) is 1.65. The van der Waals surface area contributed by atoms with Crippen molar-refractivity contribution in [1.29, 1.82) is 0 Å². The van der Waals surface area contributed by atoms with E-state index in [1.165, 1.54) is 12.1 Å². The lowest BCUT2D eigenvalue weighted by molar-refractivity contribution is -0.137. The van der Waals surface area contributed by atoms with Crippen LogP contribution < -0.4 is 0 Å². The molecule has 0 aromatic heterocycles. The summed E-state index contributed by atoms with van der Waals surface area (Å²) in [5, 5.41) is 0. The van der Waals surface area contributed by atoms with Gasteiger partial charge < -0.3 is 4.74 Å². The third kappa shape index (κ3) is 4.10. The minimum Gasteiger partial charge on any atom is -0.372 e. The van der Waals surface area contributed by atoms with Crippen LogP contribution in [0.5, 0.6) is 0 Å². The first-order valence-corrected chi connectivity index (χ1v) is 5.83. The van der Waals surface area contributed by atoms with Crippen molar-refractivity contribution >= 4 is 0 Å². The van der Waals surface area contributed by atoms with Gasteiger partial charge >= 0.3 is 6.18 Å². The Kier molecular flexibility index (Phi) is 4.22. The summed E-state index contributed by atoms with van der Waals surface area (Å²) >= 11 is 0. The smallest absolute Gasteiger partial charge is 0.372 e. The molecule has 0 saturated carbocycles. The summed E-state index contributed by atoms with van der Waals surface area (Å²) in [7, 11) is 0. The van der Waals surface area contributed by atoms with Crippen LogP contribution in [0.25, 0.3) is 0 Å². The topological polar surface area (TPSA) is 9.23 Å². The van der Waals surface area contributed by atoms with Gasteiger partial charge in [-0.3, -0.25) is 0 Å². The minimum atomic E-state index is -4.29. The number of alkyl halides is 3. The molecule has 0 aliphatic rings. The molecule has 1 nitrogen and oxygen atoms in total. The quantitative estimate of drug-likeness (QED) is 0.795. The molecule has 0 unspecified atom stereocenters. The Balaban J connectivity index is 1.87. The normalized spacial score (nSPS) is 11.5. The van der Waals surface area contributed by atoms with E-state index in [-0.39, 0.29) is 0 Å². The molecule has 0 bridgehead atoms. The highest BCUT2D eigenvalue weighted by atomic mass is 19.4. The van der Waals surface area contributed by atoms with Gasteiger partial charge in [0.25, 0.3) is 0 Å². The van der Waals surface area contributed by atoms with Crippen molar-refractivity contribution in [2.75, 3.05) is 0 Å². The van der Waals surface area contributed by atoms with E-state index in [4.69, 9.17) is 4.74 Å². The van der Waals surface area contributed by atoms with Gasteiger partial charge in [-0.2, -0.15) is 13.2 Å². The maximum atomic E-state index is 12.4. The van der Waals surface area contributed by atoms with E-state index in [0.29, 0.717) is 13.2 Å². The maximum absolute atomic E-state index is 12.4. The standard InChI is InChI=1S/C15H13F3O/c16-15(17,18)14-8-6-13(7-9-14)11-19-10-12-4-2-1-3-5-12/h1-9H,10-11H2. The van der Waals surface area contributed by atoms with E-state index in [0.717, 1.165) is 23.3 Å². The molecule has 2 aromatic carbocycles. The van der Waals surface area contributed by atoms with Crippen LogP contribution in [0.15, 0.2) is 54.6 Å². The Hall–Kier alpha value is -1.81. The summed E-state index contributed by atoms with van der Waals surface area (Å²) in [5.74, 6) is 0. The average Bonchev–Trinajstić information content (AvgIpc) is 2.39. The van der Waals surface area contributed by atoms with Crippen molar-refractivity contribution < 1.29 is 17.9 Å². The van der Waals surface area contributed by atoms with Gasteiger partial charge in [0.2, 0.25) is 0 Å². The zero-order valence-electron chi connectivity index (χ0n) is 10.2. The molecule has 0 spiro atoms. The van der Waals surface area contributed by atoms with E-state index < -0.39 is 11.7 Å². The molecule has 2 aromatic rings. The molecule has 19 heavy (non-hydrogen) atoms. The number of hydrogen-bond donors (Lipinski definition) is 0. The molecule has 0 aliphatic heterocycles. The highest BCUT2D eigenvalue weighted by molar-refractivity contribution is 5.24. The number of halogens is 3. The summed E-state index contributed by atoms with van der Waals surface area (Å²) in [5.41, 5.74) is 1.12. The Bertz CT molecular complexity index is 503. The Morgan fingerprint density at radius 3 is 1.79 bits per heavy atom. The number of benzene rings is 2. The van der Waals surface area contributed by atoms with Crippen LogP contribution in [0.1, 0.15) is 16.7 Å². The molecule has 0 radical (unpaired) electrons. The Labute approximate surface area is 109 Å². The van der Waals surface area contributed by atoms with E-state index in [2.05, 4.69) is 0 Å². The van der Waals surface area contributed by atoms with Crippen molar-refractivity contribution in [3.63, 3.8) is 0 Å². The van der Waals surface area contributed by atoms with Gasteiger partial charge in [-0.1, -0.05) is 42.5 Å². The summed E-state index contributed by atoms with van der Waals surface area (Å²) in [6.07, 6.45) is -4.29. The van der Waals surface area contributed by atoms with Crippen molar-refractivity contribution in [2.24, 2.45) is 0 Å². The third-order valence-corrected chi connectivity index (χ3v) is 2.66. The van der Waals surface area contributed by atoms with E-state index >= 15 is 0 Å². The van der Waals surface area contributed by atoms with Gasteiger partial charge in [0.15, 0.2) is 0 Å². The minimum absolute atomic E-state index is 0.299. The molecule has 4 heteroatoms. The summed E-state index contributed by atoms with van der Waals surface area (Å²) < 4.78 is 42.5. The first-order valence-electron chi connectivity index (χ1n) is 5.83. The van der Waals surface area contributed by atoms with Crippen molar-refractivity contribution in [3.05, 3.63) is 71.3 Å². The van der Waals surface area contributed by atoms with Crippen LogP contribution in [0, 0.1) is 0 Å². The molecule has 0 heterocycles. The van der Waals surface area contributed by atoms with Crippen LogP contribution in [-0.4, -0.2) is 0 Å². The molecule has 100 valence electrons. The lowest BCUT2D eigenvalue weighted by atomic mass is 10.1. The Morgan fingerprint density at radius 2 is 1.26 bits per heavy atom. The van der Waals surface area contributed by atoms with E-state index in [1.54, 1.807) is 0 Å². The molecular formula is C15H13F3O. The van der Waals surface area contributed by atoms with Crippen LogP contribution in [-0.2, 0) is 24.1 Å². The molecule has 0 saturated heterocycles. The average molecular weight is 266 g/mol. The number of ether oxygens (including phenoxy) is 1. The van der Waals surface area contributed by atoms with Gasteiger partial charge in [0.1, 0.15) is 0 Å². The molecular weight excluding hydrogens is 253 g/mol. The SMILES string of the molecule is FC(F)(F)c1ccc(COCc2ccccc2)cc1. The lowest BCUT2D eigenvalue weighted by Crippen LogP contribution is -2.04. The molecule has 0 fully saturated rings. The lowest BCUT2D eigenvalue weighted by Gasteiger charge is -2.08. The van der Waals surface area contributed by atoms with E-state index in [1.807, 2.05) is 30.3 Å². The van der Waals surface area contributed by atoms with Crippen molar-refractivity contribution in [2.45, 2.75) is 19.4 Å². The third-order valence-electron chi connectivity index (χ3n) is 2.66. The first kappa shape index (κ1) is 13.6. The fraction of sp³-hybridized carbons (Fsp3) is 0.200. The predicted octanol–water partition coefficient (Wildman–Crippen LogP) is 4.42. The first-order chi connectivity index (χ1) is 9.05. The van der Waals surface area contributed by atoms with Crippen LogP contribution in [0.4, 0.5) is 13.2 Å². The second-order valence-corrected chi connectivity index (χ2v) is 4.17. The summed E-state index contributed by atoms with van der Waals surface area (Å²) in [4.78, 5) is 0. The highest BCUT2D eigenvalue weighted by Gasteiger charge is 2.29. The van der Waals surface area contributed by atoms with Crippen LogP contribution in [0.3, 0.4) is 0 Å². The van der Waals surface area contributed by atoms with Crippen LogP contribution >= 0.6 is 0 Å². The van der Waals surface area contributed by atoms with Gasteiger partial charge in [-0.15, -0.1) is 0 Å². The monoisotopic (exact) mass is 266 g/mol. The van der Waals surface area contributed by atoms with Crippen molar-refractivity contribution in [3.8, 4) is 0 Å². The van der Waals surface area contributed by atoms with Gasteiger partial charge in [0, 0.05) is 0 Å². The second-order valence-electron chi connectivity index (χ2n) is 4.17. The summed E-state index contributed by atoms with van der Waals surface area (Å²) in [6.45, 7) is 0.745. The van der Waals surface area contributed by atoms with E-state index in [9.17, 15) is 13.2 Å². The van der Waals surface area contributed by atoms with Gasteiger partial charge in [0.05, 0.1) is 18.8 Å². The highest BCUT2D eigenvalue weighted by Crippen LogP contribution is 2.29. The van der Waals surface area contributed by atoms with Crippen molar-refractivity contribution in [1.82, 2.24) is 0 Å². The molecule has 0 atom stereocenters. The zero-order valence-corrected chi connectivity index (χ0v) is 10.2. The fourth-order valence-electron chi connectivity index (χ4n) is 1.65. The van der Waals surface area contributed by atoms with Gasteiger partial charge in [-0.25, -0.2) is 0 Å². The Morgan fingerprint density at radius 1 is 0.737 bits per heavy atom. The second kappa shape index (κ2) is 5.89. The number of rotatable bonds is 4. The molecule has 2 rings (SSSR count). The number of hydrogen-bond acceptors (Lipinski definition) is 1. The largest absolute Gasteiger partial charge is 0.416 e. The van der Waals surface area contributed by atoms with Crippen LogP contribution in [0.2, 0.25) is 0 Å². The molecule has 0 N–H and O–H groups in total. The predicted molar refractivity (Wildman–Crippen MR) is 66.4 cm³/mol. The zero-order chi connectivity index (χ0) is 13.7. The molecule has 0 aliphatic carbocycles.